The lowest BCUT2D eigenvalue weighted by molar-refractivity contribution is -0.119. The van der Waals surface area contributed by atoms with Gasteiger partial charge in [-0.3, -0.25) is 8.77 Å². The van der Waals surface area contributed by atoms with E-state index in [0.29, 0.717) is 18.6 Å². The van der Waals surface area contributed by atoms with Gasteiger partial charge in [-0.25, -0.2) is 4.98 Å². The van der Waals surface area contributed by atoms with Crippen molar-refractivity contribution in [3.05, 3.63) is 73.2 Å². The number of carbonyl (C=O) groups is 1. The smallest absolute Gasteiger partial charge is 0.151 e. The third kappa shape index (κ3) is 3.83. The Kier molecular flexibility index (Phi) is 5.38. The number of carbonyl (C=O) groups excluding carboxylic acids is 1. The molecule has 0 radical (unpaired) electrons. The summed E-state index contributed by atoms with van der Waals surface area (Å²) >= 11 is 2.30. The van der Waals surface area contributed by atoms with Crippen LogP contribution in [-0.2, 0) is 4.79 Å². The highest BCUT2D eigenvalue weighted by Crippen LogP contribution is 2.37. The predicted octanol–water partition coefficient (Wildman–Crippen LogP) is 6.87. The monoisotopic (exact) mass is 564 g/mol. The lowest BCUT2D eigenvalue weighted by atomic mass is 10.0. The molecule has 0 unspecified atom stereocenters. The maximum absolute atomic E-state index is 11.6. The number of anilines is 1. The number of H-pyrrole nitrogens is 1. The molecule has 0 bridgehead atoms. The zero-order valence-electron chi connectivity index (χ0n) is 17.8. The van der Waals surface area contributed by atoms with Gasteiger partial charge in [0.25, 0.3) is 0 Å². The maximum atomic E-state index is 11.6. The van der Waals surface area contributed by atoms with Crippen molar-refractivity contribution in [2.45, 2.75) is 12.8 Å². The number of aromatic amines is 1. The Morgan fingerprint density at radius 1 is 0.939 bits per heavy atom. The molecule has 1 aliphatic heterocycles. The second-order valence-corrected chi connectivity index (χ2v) is 10.1. The predicted molar refractivity (Wildman–Crippen MR) is 146 cm³/mol. The van der Waals surface area contributed by atoms with Crippen molar-refractivity contribution in [2.75, 3.05) is 18.0 Å². The summed E-state index contributed by atoms with van der Waals surface area (Å²) in [5, 5.41) is 2.35. The van der Waals surface area contributed by atoms with Crippen LogP contribution in [0.4, 0.5) is 5.69 Å². The number of Topliss-reactive ketones (excluding diaryl/α,β-unsaturated/α-hetero) is 1. The third-order valence-electron chi connectivity index (χ3n) is 6.44. The number of pyridine rings is 1. The molecule has 7 heteroatoms. The molecule has 33 heavy (non-hydrogen) atoms. The highest BCUT2D eigenvalue weighted by Gasteiger charge is 2.17. The second-order valence-electron chi connectivity index (χ2n) is 8.39. The Balaban J connectivity index is 1.39. The van der Waals surface area contributed by atoms with Crippen LogP contribution in [0.15, 0.2) is 73.2 Å². The summed E-state index contributed by atoms with van der Waals surface area (Å²) in [6.07, 6.45) is 7.40. The molecule has 1 N–H and O–H groups in total. The first-order chi connectivity index (χ1) is 16.2. The van der Waals surface area contributed by atoms with E-state index in [1.54, 1.807) is 9.12 Å². The fourth-order valence-corrected chi connectivity index (χ4v) is 5.88. The molecule has 0 aliphatic carbocycles. The van der Waals surface area contributed by atoms with Gasteiger partial charge in [0.1, 0.15) is 5.78 Å². The molecule has 5 nitrogen and oxygen atoms in total. The van der Waals surface area contributed by atoms with Crippen molar-refractivity contribution in [3.8, 4) is 22.3 Å². The minimum absolute atomic E-state index is 0.366. The van der Waals surface area contributed by atoms with Crippen LogP contribution in [0.5, 0.6) is 0 Å². The van der Waals surface area contributed by atoms with E-state index in [2.05, 4.69) is 95.9 Å². The van der Waals surface area contributed by atoms with E-state index in [1.165, 1.54) is 22.2 Å². The molecule has 6 rings (SSSR count). The van der Waals surface area contributed by atoms with Crippen molar-refractivity contribution in [2.24, 2.45) is 0 Å². The van der Waals surface area contributed by atoms with E-state index >= 15 is 0 Å². The van der Waals surface area contributed by atoms with Gasteiger partial charge >= 0.3 is 0 Å². The van der Waals surface area contributed by atoms with Crippen LogP contribution in [0.3, 0.4) is 0 Å². The minimum Gasteiger partial charge on any atom is -0.371 e. The second kappa shape index (κ2) is 8.53. The number of benzene rings is 2. The van der Waals surface area contributed by atoms with Gasteiger partial charge in [-0.15, -0.1) is 0 Å². The molecule has 0 spiro atoms. The molecular formula is C26H21IN4OS. The maximum Gasteiger partial charge on any atom is 0.151 e. The van der Waals surface area contributed by atoms with Crippen molar-refractivity contribution in [3.63, 3.8) is 0 Å². The minimum atomic E-state index is 0.366. The van der Waals surface area contributed by atoms with Crippen molar-refractivity contribution >= 4 is 63.7 Å². The molecule has 3 aromatic heterocycles. The Bertz CT molecular complexity index is 1480. The van der Waals surface area contributed by atoms with Crippen LogP contribution in [0.25, 0.3) is 44.2 Å². The van der Waals surface area contributed by atoms with Crippen LogP contribution in [0.1, 0.15) is 12.8 Å². The fraction of sp³-hybridized carbons (Fsp3) is 0.154. The first-order valence-corrected chi connectivity index (χ1v) is 14.3. The summed E-state index contributed by atoms with van der Waals surface area (Å²) in [5.41, 5.74) is 7.89. The number of piperidine rings is 1. The lowest BCUT2D eigenvalue weighted by Crippen LogP contribution is -2.33. The third-order valence-corrected chi connectivity index (χ3v) is 8.14. The summed E-state index contributed by atoms with van der Waals surface area (Å²) < 4.78 is 2.12. The van der Waals surface area contributed by atoms with Gasteiger partial charge in [0.15, 0.2) is 5.65 Å². The SMILES string of the molecule is O=C1CCN(c2ccc(-c3cnc4c(c3)c(-c3ccc5[nH]ccc5c3)cn4SI)cc2)CC1. The van der Waals surface area contributed by atoms with E-state index in [1.807, 2.05) is 12.4 Å². The average Bonchev–Trinajstić information content (AvgIpc) is 3.48. The molecule has 4 heterocycles. The number of rotatable bonds is 4. The molecule has 1 aliphatic rings. The number of hydrogen-bond acceptors (Lipinski definition) is 4. The number of ketones is 1. The van der Waals surface area contributed by atoms with Gasteiger partial charge in [0.2, 0.25) is 0 Å². The average molecular weight is 564 g/mol. The largest absolute Gasteiger partial charge is 0.371 e. The molecule has 164 valence electrons. The first kappa shape index (κ1) is 20.8. The number of halogens is 1. The van der Waals surface area contributed by atoms with Gasteiger partial charge in [-0.05, 0) is 52.9 Å². The normalized spacial score (nSPS) is 14.5. The number of nitrogens with one attached hydrogen (secondary N) is 1. The first-order valence-electron chi connectivity index (χ1n) is 10.9. The summed E-state index contributed by atoms with van der Waals surface area (Å²) in [5.74, 6) is 0.366. The van der Waals surface area contributed by atoms with E-state index < -0.39 is 0 Å². The lowest BCUT2D eigenvalue weighted by Gasteiger charge is -2.28. The standard InChI is InChI=1S/C26H21IN4OS/c27-33-31-16-24(18-3-6-25-19(13-18)7-10-28-25)23-14-20(15-29-26(23)31)17-1-4-21(5-2-17)30-11-8-22(32)9-12-30/h1-7,10,13-16,28H,8-9,11-12H2. The van der Waals surface area contributed by atoms with Crippen LogP contribution < -0.4 is 4.90 Å². The van der Waals surface area contributed by atoms with Crippen LogP contribution in [-0.4, -0.2) is 32.8 Å². The van der Waals surface area contributed by atoms with Crippen LogP contribution in [0.2, 0.25) is 0 Å². The van der Waals surface area contributed by atoms with Crippen LogP contribution >= 0.6 is 30.3 Å². The van der Waals surface area contributed by atoms with Gasteiger partial charge < -0.3 is 9.88 Å². The van der Waals surface area contributed by atoms with Gasteiger partial charge in [0, 0.05) is 103 Å². The van der Waals surface area contributed by atoms with E-state index in [-0.39, 0.29) is 0 Å². The van der Waals surface area contributed by atoms with E-state index in [0.717, 1.165) is 40.8 Å². The summed E-state index contributed by atoms with van der Waals surface area (Å²) in [7, 11) is 1.63. The fourth-order valence-electron chi connectivity index (χ4n) is 4.62. The zero-order chi connectivity index (χ0) is 22.4. The van der Waals surface area contributed by atoms with Crippen LogP contribution in [0, 0.1) is 0 Å². The van der Waals surface area contributed by atoms with Gasteiger partial charge in [0.05, 0.1) is 0 Å². The highest BCUT2D eigenvalue weighted by molar-refractivity contribution is 14.2. The molecule has 2 aromatic carbocycles. The van der Waals surface area contributed by atoms with Gasteiger partial charge in [-0.1, -0.05) is 18.2 Å². The van der Waals surface area contributed by atoms with E-state index in [4.69, 9.17) is 4.98 Å². The zero-order valence-corrected chi connectivity index (χ0v) is 20.8. The number of nitrogens with zero attached hydrogens (tertiary/aromatic N) is 3. The summed E-state index contributed by atoms with van der Waals surface area (Å²) in [6.45, 7) is 1.62. The molecule has 1 fully saturated rings. The molecule has 5 aromatic rings. The number of hydrogen-bond donors (Lipinski definition) is 1. The van der Waals surface area contributed by atoms with Crippen molar-refractivity contribution < 1.29 is 4.79 Å². The molecule has 0 atom stereocenters. The number of fused-ring (bicyclic) bond motifs is 2. The Labute approximate surface area is 207 Å². The molecular weight excluding hydrogens is 543 g/mol. The van der Waals surface area contributed by atoms with Crippen molar-refractivity contribution in [1.29, 1.82) is 0 Å². The molecule has 1 saturated heterocycles. The van der Waals surface area contributed by atoms with E-state index in [9.17, 15) is 4.79 Å². The Morgan fingerprint density at radius 3 is 2.52 bits per heavy atom. The molecule has 0 amide bonds. The van der Waals surface area contributed by atoms with Gasteiger partial charge in [-0.2, -0.15) is 0 Å². The number of aromatic nitrogens is 3. The Hall–Kier alpha value is -2.78. The van der Waals surface area contributed by atoms with Crippen molar-refractivity contribution in [1.82, 2.24) is 13.9 Å². The highest BCUT2D eigenvalue weighted by atomic mass is 127. The summed E-state index contributed by atoms with van der Waals surface area (Å²) in [4.78, 5) is 21.9. The molecule has 0 saturated carbocycles. The topological polar surface area (TPSA) is 53.9 Å². The Morgan fingerprint density at radius 2 is 1.73 bits per heavy atom. The quantitative estimate of drug-likeness (QED) is 0.242. The summed E-state index contributed by atoms with van der Waals surface area (Å²) in [6, 6.07) is 19.5.